The Kier molecular flexibility index (Phi) is 3.75. The maximum absolute atomic E-state index is 9.67. The molecule has 1 rings (SSSR count). The minimum absolute atomic E-state index is 0.616. The molecule has 0 saturated heterocycles. The average molecular weight is 208 g/mol. The van der Waals surface area contributed by atoms with Crippen molar-refractivity contribution in [3.05, 3.63) is 29.3 Å². The van der Waals surface area contributed by atoms with Gasteiger partial charge in [0.25, 0.3) is 0 Å². The van der Waals surface area contributed by atoms with Crippen molar-refractivity contribution in [2.75, 3.05) is 7.11 Å². The molecule has 15 heavy (non-hydrogen) atoms. The van der Waals surface area contributed by atoms with Crippen LogP contribution >= 0.6 is 0 Å². The third kappa shape index (κ3) is 3.92. The summed E-state index contributed by atoms with van der Waals surface area (Å²) in [7, 11) is 1.68. The fourth-order valence-corrected chi connectivity index (χ4v) is 1.54. The molecule has 1 aromatic carbocycles. The van der Waals surface area contributed by atoms with Gasteiger partial charge in [0.2, 0.25) is 0 Å². The van der Waals surface area contributed by atoms with Crippen LogP contribution in [0.25, 0.3) is 0 Å². The summed E-state index contributed by atoms with van der Waals surface area (Å²) >= 11 is 0. The van der Waals surface area contributed by atoms with Gasteiger partial charge in [0.15, 0.2) is 0 Å². The van der Waals surface area contributed by atoms with Crippen LogP contribution in [-0.4, -0.2) is 17.8 Å². The highest BCUT2D eigenvalue weighted by molar-refractivity contribution is 5.37. The molecule has 84 valence electrons. The van der Waals surface area contributed by atoms with Crippen LogP contribution in [0.5, 0.6) is 5.75 Å². The van der Waals surface area contributed by atoms with Crippen LogP contribution in [0, 0.1) is 6.92 Å². The van der Waals surface area contributed by atoms with Crippen molar-refractivity contribution in [2.24, 2.45) is 0 Å². The molecule has 1 N–H and O–H groups in total. The van der Waals surface area contributed by atoms with Crippen molar-refractivity contribution >= 4 is 0 Å². The number of rotatable bonds is 4. The number of methoxy groups -OCH3 is 1. The van der Waals surface area contributed by atoms with E-state index < -0.39 is 5.60 Å². The first-order chi connectivity index (χ1) is 6.92. The fraction of sp³-hybridized carbons (Fsp3) is 0.538. The van der Waals surface area contributed by atoms with Gasteiger partial charge in [0.1, 0.15) is 5.75 Å². The maximum Gasteiger partial charge on any atom is 0.122 e. The summed E-state index contributed by atoms with van der Waals surface area (Å²) < 4.78 is 5.28. The Morgan fingerprint density at radius 3 is 2.53 bits per heavy atom. The zero-order chi connectivity index (χ0) is 11.5. The molecular weight excluding hydrogens is 188 g/mol. The Morgan fingerprint density at radius 2 is 2.00 bits per heavy atom. The highest BCUT2D eigenvalue weighted by Gasteiger charge is 2.13. The quantitative estimate of drug-likeness (QED) is 0.824. The number of benzene rings is 1. The predicted octanol–water partition coefficient (Wildman–Crippen LogP) is 2.71. The highest BCUT2D eigenvalue weighted by atomic mass is 16.5. The van der Waals surface area contributed by atoms with Crippen LogP contribution in [0.4, 0.5) is 0 Å². The molecule has 1 aromatic rings. The second kappa shape index (κ2) is 4.67. The van der Waals surface area contributed by atoms with Crippen LogP contribution in [0.2, 0.25) is 0 Å². The summed E-state index contributed by atoms with van der Waals surface area (Å²) in [5.41, 5.74) is 1.77. The average Bonchev–Trinajstić information content (AvgIpc) is 2.14. The first-order valence-electron chi connectivity index (χ1n) is 5.28. The second-order valence-electron chi connectivity index (χ2n) is 4.63. The summed E-state index contributed by atoms with van der Waals surface area (Å²) in [6.45, 7) is 5.72. The van der Waals surface area contributed by atoms with Crippen LogP contribution in [0.1, 0.15) is 31.4 Å². The number of hydrogen-bond donors (Lipinski definition) is 1. The third-order valence-electron chi connectivity index (χ3n) is 2.44. The van der Waals surface area contributed by atoms with E-state index in [1.807, 2.05) is 26.0 Å². The van der Waals surface area contributed by atoms with E-state index in [2.05, 4.69) is 13.0 Å². The van der Waals surface area contributed by atoms with E-state index in [1.54, 1.807) is 7.11 Å². The molecule has 0 aromatic heterocycles. The molecule has 0 aliphatic rings. The molecule has 0 radical (unpaired) electrons. The standard InChI is InChI=1S/C13H20O2/c1-10-5-6-12(15-4)11(9-10)7-8-13(2,3)14/h5-6,9,14H,7-8H2,1-4H3. The molecule has 0 spiro atoms. The van der Waals surface area contributed by atoms with Crippen molar-refractivity contribution in [1.29, 1.82) is 0 Å². The van der Waals surface area contributed by atoms with Gasteiger partial charge in [-0.15, -0.1) is 0 Å². The molecule has 0 amide bonds. The lowest BCUT2D eigenvalue weighted by atomic mass is 9.97. The molecule has 0 unspecified atom stereocenters. The monoisotopic (exact) mass is 208 g/mol. The topological polar surface area (TPSA) is 29.5 Å². The van der Waals surface area contributed by atoms with Gasteiger partial charge >= 0.3 is 0 Å². The van der Waals surface area contributed by atoms with Gasteiger partial charge in [-0.05, 0) is 45.2 Å². The van der Waals surface area contributed by atoms with Crippen LogP contribution < -0.4 is 4.74 Å². The molecule has 0 heterocycles. The van der Waals surface area contributed by atoms with Crippen molar-refractivity contribution in [1.82, 2.24) is 0 Å². The highest BCUT2D eigenvalue weighted by Crippen LogP contribution is 2.23. The van der Waals surface area contributed by atoms with Crippen LogP contribution in [0.15, 0.2) is 18.2 Å². The summed E-state index contributed by atoms with van der Waals surface area (Å²) in [5.74, 6) is 0.907. The third-order valence-corrected chi connectivity index (χ3v) is 2.44. The summed E-state index contributed by atoms with van der Waals surface area (Å²) in [5, 5.41) is 9.67. The van der Waals surface area contributed by atoms with E-state index in [0.29, 0.717) is 0 Å². The molecule has 0 bridgehead atoms. The molecular formula is C13H20O2. The lowest BCUT2D eigenvalue weighted by Crippen LogP contribution is -2.19. The van der Waals surface area contributed by atoms with E-state index in [9.17, 15) is 5.11 Å². The minimum Gasteiger partial charge on any atom is -0.496 e. The van der Waals surface area contributed by atoms with E-state index in [0.717, 1.165) is 18.6 Å². The maximum atomic E-state index is 9.67. The minimum atomic E-state index is -0.616. The summed E-state index contributed by atoms with van der Waals surface area (Å²) in [6.07, 6.45) is 1.58. The molecule has 2 heteroatoms. The Morgan fingerprint density at radius 1 is 1.33 bits per heavy atom. The Labute approximate surface area is 91.9 Å². The Balaban J connectivity index is 2.79. The van der Waals surface area contributed by atoms with Crippen LogP contribution in [0.3, 0.4) is 0 Å². The largest absolute Gasteiger partial charge is 0.496 e. The normalized spacial score (nSPS) is 11.5. The van der Waals surface area contributed by atoms with Gasteiger partial charge in [-0.1, -0.05) is 17.7 Å². The number of aliphatic hydroxyl groups is 1. The van der Waals surface area contributed by atoms with Gasteiger partial charge in [0, 0.05) is 0 Å². The molecule has 0 atom stereocenters. The fourth-order valence-electron chi connectivity index (χ4n) is 1.54. The SMILES string of the molecule is COc1ccc(C)cc1CCC(C)(C)O. The molecule has 0 aliphatic carbocycles. The second-order valence-corrected chi connectivity index (χ2v) is 4.63. The summed E-state index contributed by atoms with van der Waals surface area (Å²) in [6, 6.07) is 6.13. The van der Waals surface area contributed by atoms with Gasteiger partial charge in [-0.2, -0.15) is 0 Å². The molecule has 0 saturated carbocycles. The van der Waals surface area contributed by atoms with Gasteiger partial charge in [-0.3, -0.25) is 0 Å². The van der Waals surface area contributed by atoms with E-state index in [4.69, 9.17) is 4.74 Å². The lowest BCUT2D eigenvalue weighted by molar-refractivity contribution is 0.0712. The lowest BCUT2D eigenvalue weighted by Gasteiger charge is -2.18. The van der Waals surface area contributed by atoms with Gasteiger partial charge in [-0.25, -0.2) is 0 Å². The van der Waals surface area contributed by atoms with Crippen molar-refractivity contribution < 1.29 is 9.84 Å². The molecule has 0 fully saturated rings. The zero-order valence-electron chi connectivity index (χ0n) is 10.0. The van der Waals surface area contributed by atoms with Crippen LogP contribution in [-0.2, 0) is 6.42 Å². The van der Waals surface area contributed by atoms with Crippen molar-refractivity contribution in [3.8, 4) is 5.75 Å². The summed E-state index contributed by atoms with van der Waals surface area (Å²) in [4.78, 5) is 0. The van der Waals surface area contributed by atoms with E-state index in [-0.39, 0.29) is 0 Å². The predicted molar refractivity (Wildman–Crippen MR) is 62.3 cm³/mol. The van der Waals surface area contributed by atoms with Crippen molar-refractivity contribution in [3.63, 3.8) is 0 Å². The first-order valence-corrected chi connectivity index (χ1v) is 5.28. The Hall–Kier alpha value is -1.02. The smallest absolute Gasteiger partial charge is 0.122 e. The number of aryl methyl sites for hydroxylation is 2. The van der Waals surface area contributed by atoms with E-state index >= 15 is 0 Å². The Bertz CT molecular complexity index is 324. The number of ether oxygens (including phenoxy) is 1. The molecule has 2 nitrogen and oxygen atoms in total. The first kappa shape index (κ1) is 12.1. The van der Waals surface area contributed by atoms with Gasteiger partial charge < -0.3 is 9.84 Å². The zero-order valence-corrected chi connectivity index (χ0v) is 10.0. The number of hydrogen-bond acceptors (Lipinski definition) is 2. The van der Waals surface area contributed by atoms with E-state index in [1.165, 1.54) is 11.1 Å². The van der Waals surface area contributed by atoms with Crippen molar-refractivity contribution in [2.45, 2.75) is 39.2 Å². The van der Waals surface area contributed by atoms with Gasteiger partial charge in [0.05, 0.1) is 12.7 Å². The molecule has 0 aliphatic heterocycles.